The molecule has 25 heavy (non-hydrogen) atoms. The zero-order chi connectivity index (χ0) is 18.5. The molecule has 6 nitrogen and oxygen atoms in total. The van der Waals surface area contributed by atoms with Crippen LogP contribution in [0, 0.1) is 0 Å². The molecule has 1 heterocycles. The molecule has 0 radical (unpaired) electrons. The molecule has 2 rings (SSSR count). The average Bonchev–Trinajstić information content (AvgIpc) is 2.55. The van der Waals surface area contributed by atoms with Crippen LogP contribution in [0.2, 0.25) is 0 Å². The monoisotopic (exact) mass is 350 g/mol. The van der Waals surface area contributed by atoms with Crippen LogP contribution < -0.4 is 5.32 Å². The Morgan fingerprint density at radius 2 is 2.08 bits per heavy atom. The van der Waals surface area contributed by atoms with Crippen LogP contribution in [-0.2, 0) is 16.0 Å². The first-order valence-corrected chi connectivity index (χ1v) is 8.72. The summed E-state index contributed by atoms with van der Waals surface area (Å²) in [5.74, 6) is 0. The Kier molecular flexibility index (Phi) is 6.43. The van der Waals surface area contributed by atoms with E-state index < -0.39 is 17.2 Å². The fourth-order valence-electron chi connectivity index (χ4n) is 3.06. The van der Waals surface area contributed by atoms with Gasteiger partial charge in [-0.25, -0.2) is 4.79 Å². The first-order chi connectivity index (χ1) is 11.8. The van der Waals surface area contributed by atoms with Gasteiger partial charge in [-0.15, -0.1) is 0 Å². The molecule has 0 aromatic heterocycles. The van der Waals surface area contributed by atoms with E-state index in [0.29, 0.717) is 19.8 Å². The number of hydrogen-bond donors (Lipinski definition) is 2. The number of carbonyl (C=O) groups excluding carboxylic acids is 1. The van der Waals surface area contributed by atoms with Crippen molar-refractivity contribution in [2.24, 2.45) is 0 Å². The molecule has 6 heteroatoms. The zero-order valence-electron chi connectivity index (χ0n) is 15.6. The molecule has 2 atom stereocenters. The lowest BCUT2D eigenvalue weighted by atomic mass is 9.94. The number of alkyl carbamates (subject to hydrolysis) is 1. The number of morpholine rings is 1. The molecule has 0 unspecified atom stereocenters. The van der Waals surface area contributed by atoms with Crippen molar-refractivity contribution in [3.63, 3.8) is 0 Å². The van der Waals surface area contributed by atoms with Crippen molar-refractivity contribution >= 4 is 6.09 Å². The molecular weight excluding hydrogens is 320 g/mol. The Bertz CT molecular complexity index is 558. The Morgan fingerprint density at radius 1 is 1.40 bits per heavy atom. The number of nitrogens with one attached hydrogen (secondary N) is 1. The van der Waals surface area contributed by atoms with E-state index in [2.05, 4.69) is 29.3 Å². The molecule has 1 amide bonds. The molecule has 1 saturated heterocycles. The summed E-state index contributed by atoms with van der Waals surface area (Å²) in [7, 11) is 0. The summed E-state index contributed by atoms with van der Waals surface area (Å²) in [6.45, 7) is 9.32. The van der Waals surface area contributed by atoms with Gasteiger partial charge in [-0.2, -0.15) is 0 Å². The lowest BCUT2D eigenvalue weighted by Crippen LogP contribution is -2.66. The van der Waals surface area contributed by atoms with Crippen molar-refractivity contribution in [2.45, 2.75) is 51.4 Å². The molecule has 1 aromatic rings. The van der Waals surface area contributed by atoms with Gasteiger partial charge >= 0.3 is 6.09 Å². The van der Waals surface area contributed by atoms with Gasteiger partial charge in [-0.3, -0.25) is 4.90 Å². The number of aliphatic hydroxyl groups excluding tert-OH is 1. The number of ether oxygens (including phenoxy) is 2. The Morgan fingerprint density at radius 3 is 2.68 bits per heavy atom. The SMILES string of the molecule is C[C@@H]1COC[C@@](CO)(CNC(=O)OC(C)(C)C)N1Cc1ccccc1. The highest BCUT2D eigenvalue weighted by Crippen LogP contribution is 2.26. The maximum atomic E-state index is 12.0. The highest BCUT2D eigenvalue weighted by Gasteiger charge is 2.43. The van der Waals surface area contributed by atoms with Gasteiger partial charge < -0.3 is 19.9 Å². The van der Waals surface area contributed by atoms with E-state index in [-0.39, 0.29) is 19.2 Å². The molecule has 1 aromatic carbocycles. The third-order valence-corrected chi connectivity index (χ3v) is 4.32. The van der Waals surface area contributed by atoms with Gasteiger partial charge in [0.2, 0.25) is 0 Å². The number of carbonyl (C=O) groups is 1. The van der Waals surface area contributed by atoms with Crippen LogP contribution in [-0.4, -0.2) is 59.6 Å². The summed E-state index contributed by atoms with van der Waals surface area (Å²) in [5, 5.41) is 12.9. The van der Waals surface area contributed by atoms with E-state index in [0.717, 1.165) is 5.56 Å². The minimum atomic E-state index is -0.676. The molecule has 0 saturated carbocycles. The second-order valence-corrected chi connectivity index (χ2v) is 7.72. The second kappa shape index (κ2) is 8.17. The van der Waals surface area contributed by atoms with Crippen molar-refractivity contribution in [1.82, 2.24) is 10.2 Å². The summed E-state index contributed by atoms with van der Waals surface area (Å²) >= 11 is 0. The van der Waals surface area contributed by atoms with Crippen LogP contribution in [0.5, 0.6) is 0 Å². The van der Waals surface area contributed by atoms with Gasteiger partial charge in [-0.1, -0.05) is 30.3 Å². The summed E-state index contributed by atoms with van der Waals surface area (Å²) in [4.78, 5) is 14.2. The predicted octanol–water partition coefficient (Wildman–Crippen LogP) is 2.16. The first-order valence-electron chi connectivity index (χ1n) is 8.72. The smallest absolute Gasteiger partial charge is 0.407 e. The van der Waals surface area contributed by atoms with Crippen LogP contribution in [0.3, 0.4) is 0 Å². The molecule has 2 N–H and O–H groups in total. The maximum Gasteiger partial charge on any atom is 0.407 e. The molecule has 1 aliphatic rings. The van der Waals surface area contributed by atoms with Crippen LogP contribution in [0.15, 0.2) is 30.3 Å². The van der Waals surface area contributed by atoms with Gasteiger partial charge in [-0.05, 0) is 33.3 Å². The standard InChI is InChI=1S/C19H30N2O4/c1-15-11-24-14-19(13-22,12-20-17(23)25-18(2,3)4)21(15)10-16-8-6-5-7-9-16/h5-9,15,22H,10-14H2,1-4H3,(H,20,23)/t15-,19+/m1/s1. The quantitative estimate of drug-likeness (QED) is 0.852. The van der Waals surface area contributed by atoms with E-state index in [1.54, 1.807) is 0 Å². The number of benzene rings is 1. The number of amides is 1. The summed E-state index contributed by atoms with van der Waals surface area (Å²) < 4.78 is 11.0. The number of nitrogens with zero attached hydrogens (tertiary/aromatic N) is 1. The highest BCUT2D eigenvalue weighted by molar-refractivity contribution is 5.67. The Balaban J connectivity index is 2.11. The van der Waals surface area contributed by atoms with Gasteiger partial charge in [0, 0.05) is 19.1 Å². The van der Waals surface area contributed by atoms with Crippen molar-refractivity contribution in [2.75, 3.05) is 26.4 Å². The van der Waals surface area contributed by atoms with E-state index in [4.69, 9.17) is 9.47 Å². The lowest BCUT2D eigenvalue weighted by Gasteiger charge is -2.49. The van der Waals surface area contributed by atoms with Gasteiger partial charge in [0.1, 0.15) is 5.60 Å². The largest absolute Gasteiger partial charge is 0.444 e. The second-order valence-electron chi connectivity index (χ2n) is 7.72. The minimum Gasteiger partial charge on any atom is -0.444 e. The van der Waals surface area contributed by atoms with E-state index in [9.17, 15) is 9.90 Å². The Labute approximate surface area is 150 Å². The molecular formula is C19H30N2O4. The van der Waals surface area contributed by atoms with Gasteiger partial charge in [0.25, 0.3) is 0 Å². The van der Waals surface area contributed by atoms with E-state index in [1.807, 2.05) is 39.0 Å². The fraction of sp³-hybridized carbons (Fsp3) is 0.632. The summed E-state index contributed by atoms with van der Waals surface area (Å²) in [5.41, 5.74) is -0.0765. The third-order valence-electron chi connectivity index (χ3n) is 4.32. The van der Waals surface area contributed by atoms with E-state index >= 15 is 0 Å². The Hall–Kier alpha value is -1.63. The van der Waals surface area contributed by atoms with Crippen molar-refractivity contribution in [3.8, 4) is 0 Å². The predicted molar refractivity (Wildman–Crippen MR) is 96.3 cm³/mol. The number of rotatable bonds is 5. The lowest BCUT2D eigenvalue weighted by molar-refractivity contribution is -0.122. The van der Waals surface area contributed by atoms with Crippen LogP contribution in [0.25, 0.3) is 0 Å². The molecule has 140 valence electrons. The molecule has 0 spiro atoms. The first kappa shape index (κ1) is 19.7. The fourth-order valence-corrected chi connectivity index (χ4v) is 3.06. The summed E-state index contributed by atoms with van der Waals surface area (Å²) in [6.07, 6.45) is -0.488. The van der Waals surface area contributed by atoms with Crippen molar-refractivity contribution in [1.29, 1.82) is 0 Å². The van der Waals surface area contributed by atoms with Gasteiger partial charge in [0.05, 0.1) is 25.4 Å². The number of hydrogen-bond acceptors (Lipinski definition) is 5. The van der Waals surface area contributed by atoms with Crippen LogP contribution >= 0.6 is 0 Å². The average molecular weight is 350 g/mol. The van der Waals surface area contributed by atoms with Crippen LogP contribution in [0.1, 0.15) is 33.3 Å². The topological polar surface area (TPSA) is 71.0 Å². The van der Waals surface area contributed by atoms with Crippen molar-refractivity contribution < 1.29 is 19.4 Å². The molecule has 1 aliphatic heterocycles. The highest BCUT2D eigenvalue weighted by atomic mass is 16.6. The van der Waals surface area contributed by atoms with Crippen LogP contribution in [0.4, 0.5) is 4.79 Å². The van der Waals surface area contributed by atoms with E-state index in [1.165, 1.54) is 0 Å². The normalized spacial score (nSPS) is 24.8. The zero-order valence-corrected chi connectivity index (χ0v) is 15.6. The molecule has 0 aliphatic carbocycles. The molecule has 0 bridgehead atoms. The minimum absolute atomic E-state index is 0.111. The molecule has 1 fully saturated rings. The number of aliphatic hydroxyl groups is 1. The van der Waals surface area contributed by atoms with Gasteiger partial charge in [0.15, 0.2) is 0 Å². The third kappa shape index (κ3) is 5.42. The maximum absolute atomic E-state index is 12.0. The summed E-state index contributed by atoms with van der Waals surface area (Å²) in [6, 6.07) is 10.2. The van der Waals surface area contributed by atoms with Crippen molar-refractivity contribution in [3.05, 3.63) is 35.9 Å².